The Morgan fingerprint density at radius 2 is 1.85 bits per heavy atom. The van der Waals surface area contributed by atoms with Crippen LogP contribution in [0.15, 0.2) is 24.3 Å². The summed E-state index contributed by atoms with van der Waals surface area (Å²) in [5.74, 6) is -1.24. The van der Waals surface area contributed by atoms with Crippen molar-refractivity contribution in [3.63, 3.8) is 0 Å². The predicted molar refractivity (Wildman–Crippen MR) is 98.0 cm³/mol. The molecule has 1 unspecified atom stereocenters. The molecule has 0 aliphatic carbocycles. The zero-order valence-corrected chi connectivity index (χ0v) is 16.3. The van der Waals surface area contributed by atoms with Gasteiger partial charge in [-0.3, -0.25) is 9.59 Å². The topological polar surface area (TPSA) is 92.8 Å². The Bertz CT molecular complexity index is 743. The van der Waals surface area contributed by atoms with Crippen LogP contribution in [0, 0.1) is 5.92 Å². The SMILES string of the molecule is CC(OC(=O)C1CCN(S(C)(=O)=O)CC1)C(=O)NCc1ccc(Cl)cc1. The summed E-state index contributed by atoms with van der Waals surface area (Å²) in [6, 6.07) is 7.06. The Labute approximate surface area is 158 Å². The Balaban J connectivity index is 1.77. The Morgan fingerprint density at radius 1 is 1.27 bits per heavy atom. The number of sulfonamides is 1. The van der Waals surface area contributed by atoms with Crippen molar-refractivity contribution < 1.29 is 22.7 Å². The van der Waals surface area contributed by atoms with Crippen LogP contribution in [-0.2, 0) is 30.9 Å². The van der Waals surface area contributed by atoms with Crippen molar-refractivity contribution in [2.24, 2.45) is 5.92 Å². The fourth-order valence-corrected chi connectivity index (χ4v) is 3.68. The molecule has 1 heterocycles. The molecule has 0 saturated carbocycles. The monoisotopic (exact) mass is 402 g/mol. The highest BCUT2D eigenvalue weighted by molar-refractivity contribution is 7.88. The molecule has 1 fully saturated rings. The van der Waals surface area contributed by atoms with E-state index >= 15 is 0 Å². The van der Waals surface area contributed by atoms with Crippen molar-refractivity contribution in [3.8, 4) is 0 Å². The number of nitrogens with zero attached hydrogens (tertiary/aromatic N) is 1. The van der Waals surface area contributed by atoms with Gasteiger partial charge in [-0.05, 0) is 37.5 Å². The van der Waals surface area contributed by atoms with Crippen molar-refractivity contribution in [1.82, 2.24) is 9.62 Å². The molecule has 26 heavy (non-hydrogen) atoms. The number of ether oxygens (including phenoxy) is 1. The van der Waals surface area contributed by atoms with Crippen LogP contribution in [0.5, 0.6) is 0 Å². The van der Waals surface area contributed by atoms with Crippen molar-refractivity contribution in [1.29, 1.82) is 0 Å². The number of esters is 1. The number of hydrogen-bond acceptors (Lipinski definition) is 5. The summed E-state index contributed by atoms with van der Waals surface area (Å²) in [4.78, 5) is 24.3. The second-order valence-electron chi connectivity index (χ2n) is 6.36. The summed E-state index contributed by atoms with van der Waals surface area (Å²) in [6.45, 7) is 2.40. The van der Waals surface area contributed by atoms with Gasteiger partial charge in [0, 0.05) is 24.7 Å². The number of nitrogens with one attached hydrogen (secondary N) is 1. The van der Waals surface area contributed by atoms with Gasteiger partial charge in [0.05, 0.1) is 12.2 Å². The standard InChI is InChI=1S/C17H23ClN2O5S/c1-12(16(21)19-11-13-3-5-15(18)6-4-13)25-17(22)14-7-9-20(10-8-14)26(2,23)24/h3-6,12,14H,7-11H2,1-2H3,(H,19,21). The quantitative estimate of drug-likeness (QED) is 0.729. The van der Waals surface area contributed by atoms with Gasteiger partial charge >= 0.3 is 5.97 Å². The predicted octanol–water partition coefficient (Wildman–Crippen LogP) is 1.56. The van der Waals surface area contributed by atoms with Crippen LogP contribution in [0.25, 0.3) is 0 Å². The third kappa shape index (κ3) is 5.96. The molecule has 9 heteroatoms. The van der Waals surface area contributed by atoms with E-state index < -0.39 is 22.1 Å². The van der Waals surface area contributed by atoms with Crippen LogP contribution in [0.3, 0.4) is 0 Å². The van der Waals surface area contributed by atoms with Crippen molar-refractivity contribution in [3.05, 3.63) is 34.9 Å². The summed E-state index contributed by atoms with van der Waals surface area (Å²) in [5, 5.41) is 3.32. The molecule has 7 nitrogen and oxygen atoms in total. The molecule has 1 aliphatic rings. The van der Waals surface area contributed by atoms with Gasteiger partial charge < -0.3 is 10.1 Å². The average molecular weight is 403 g/mol. The van der Waals surface area contributed by atoms with Gasteiger partial charge in [-0.1, -0.05) is 23.7 Å². The van der Waals surface area contributed by atoms with E-state index in [1.807, 2.05) is 0 Å². The van der Waals surface area contributed by atoms with E-state index in [4.69, 9.17) is 16.3 Å². The molecule has 2 rings (SSSR count). The zero-order chi connectivity index (χ0) is 19.3. The number of rotatable bonds is 6. The lowest BCUT2D eigenvalue weighted by atomic mass is 9.98. The normalized spacial score (nSPS) is 17.5. The Kier molecular flexibility index (Phi) is 7.02. The van der Waals surface area contributed by atoms with Gasteiger partial charge in [0.25, 0.3) is 5.91 Å². The van der Waals surface area contributed by atoms with Crippen LogP contribution in [0.2, 0.25) is 5.02 Å². The second-order valence-corrected chi connectivity index (χ2v) is 8.78. The van der Waals surface area contributed by atoms with E-state index in [0.29, 0.717) is 24.4 Å². The van der Waals surface area contributed by atoms with Crippen LogP contribution >= 0.6 is 11.6 Å². The number of hydrogen-bond donors (Lipinski definition) is 1. The van der Waals surface area contributed by atoms with Crippen LogP contribution in [-0.4, -0.2) is 50.0 Å². The van der Waals surface area contributed by atoms with Crippen LogP contribution in [0.4, 0.5) is 0 Å². The molecule has 1 aromatic carbocycles. The maximum Gasteiger partial charge on any atom is 0.309 e. The smallest absolute Gasteiger partial charge is 0.309 e. The van der Waals surface area contributed by atoms with Crippen LogP contribution in [0.1, 0.15) is 25.3 Å². The van der Waals surface area contributed by atoms with Gasteiger partial charge in [0.2, 0.25) is 10.0 Å². The Morgan fingerprint density at radius 3 is 2.38 bits per heavy atom. The molecule has 1 N–H and O–H groups in total. The van der Waals surface area contributed by atoms with E-state index in [0.717, 1.165) is 11.8 Å². The molecule has 0 radical (unpaired) electrons. The van der Waals surface area contributed by atoms with Gasteiger partial charge in [-0.2, -0.15) is 0 Å². The molecule has 1 aliphatic heterocycles. The molecular weight excluding hydrogens is 380 g/mol. The van der Waals surface area contributed by atoms with Gasteiger partial charge in [0.15, 0.2) is 6.10 Å². The number of benzene rings is 1. The highest BCUT2D eigenvalue weighted by Gasteiger charge is 2.31. The summed E-state index contributed by atoms with van der Waals surface area (Å²) < 4.78 is 29.6. The molecule has 1 aromatic rings. The minimum absolute atomic E-state index is 0.287. The molecule has 0 spiro atoms. The fraction of sp³-hybridized carbons (Fsp3) is 0.529. The summed E-state index contributed by atoms with van der Waals surface area (Å²) in [6.07, 6.45) is 1.03. The maximum atomic E-state index is 12.2. The summed E-state index contributed by atoms with van der Waals surface area (Å²) in [5.41, 5.74) is 0.884. The van der Waals surface area contributed by atoms with Gasteiger partial charge in [-0.15, -0.1) is 0 Å². The molecule has 0 bridgehead atoms. The van der Waals surface area contributed by atoms with Crippen molar-refractivity contribution >= 4 is 33.5 Å². The number of carbonyl (C=O) groups excluding carboxylic acids is 2. The lowest BCUT2D eigenvalue weighted by molar-refractivity contribution is -0.159. The minimum Gasteiger partial charge on any atom is -0.452 e. The number of piperidine rings is 1. The second kappa shape index (κ2) is 8.83. The average Bonchev–Trinajstić information content (AvgIpc) is 2.60. The van der Waals surface area contributed by atoms with E-state index in [1.54, 1.807) is 24.3 Å². The van der Waals surface area contributed by atoms with Crippen molar-refractivity contribution in [2.45, 2.75) is 32.4 Å². The zero-order valence-electron chi connectivity index (χ0n) is 14.8. The molecular formula is C17H23ClN2O5S. The number of halogens is 1. The van der Waals surface area contributed by atoms with E-state index in [1.165, 1.54) is 11.2 Å². The first kappa shape index (κ1) is 20.7. The highest BCUT2D eigenvalue weighted by Crippen LogP contribution is 2.21. The first-order valence-electron chi connectivity index (χ1n) is 8.34. The third-order valence-electron chi connectivity index (χ3n) is 4.30. The maximum absolute atomic E-state index is 12.2. The van der Waals surface area contributed by atoms with E-state index in [2.05, 4.69) is 5.32 Å². The summed E-state index contributed by atoms with van der Waals surface area (Å²) >= 11 is 5.81. The van der Waals surface area contributed by atoms with E-state index in [-0.39, 0.29) is 24.9 Å². The highest BCUT2D eigenvalue weighted by atomic mass is 35.5. The molecule has 144 valence electrons. The Hall–Kier alpha value is -1.64. The lowest BCUT2D eigenvalue weighted by Gasteiger charge is -2.29. The molecule has 1 amide bonds. The first-order chi connectivity index (χ1) is 12.2. The number of carbonyl (C=O) groups is 2. The molecule has 1 saturated heterocycles. The summed E-state index contributed by atoms with van der Waals surface area (Å²) in [7, 11) is -3.24. The van der Waals surface area contributed by atoms with Crippen molar-refractivity contribution in [2.75, 3.05) is 19.3 Å². The number of amides is 1. The fourth-order valence-electron chi connectivity index (χ4n) is 2.68. The van der Waals surface area contributed by atoms with Gasteiger partial charge in [-0.25, -0.2) is 12.7 Å². The third-order valence-corrected chi connectivity index (χ3v) is 5.85. The lowest BCUT2D eigenvalue weighted by Crippen LogP contribution is -2.42. The molecule has 0 aromatic heterocycles. The van der Waals surface area contributed by atoms with Gasteiger partial charge in [0.1, 0.15) is 0 Å². The first-order valence-corrected chi connectivity index (χ1v) is 10.6. The largest absolute Gasteiger partial charge is 0.452 e. The van der Waals surface area contributed by atoms with E-state index in [9.17, 15) is 18.0 Å². The minimum atomic E-state index is -3.24. The molecule has 1 atom stereocenters. The van der Waals surface area contributed by atoms with Crippen LogP contribution < -0.4 is 5.32 Å².